The van der Waals surface area contributed by atoms with Crippen molar-refractivity contribution in [1.29, 1.82) is 0 Å². The highest BCUT2D eigenvalue weighted by Gasteiger charge is 2.26. The molecule has 0 aliphatic rings. The summed E-state index contributed by atoms with van der Waals surface area (Å²) in [4.78, 5) is 0. The average Bonchev–Trinajstić information content (AvgIpc) is 2.11. The maximum Gasteiger partial charge on any atom is 0.200 e. The van der Waals surface area contributed by atoms with E-state index in [0.29, 0.717) is 10.2 Å². The average molecular weight is 226 g/mol. The highest BCUT2D eigenvalue weighted by molar-refractivity contribution is 6.12. The van der Waals surface area contributed by atoms with E-state index in [1.165, 1.54) is 6.92 Å². The SMILES string of the molecule is CC([SiH3])c1c(F)c(F)c(F)c(F)c1F. The number of hydrogen-bond donors (Lipinski definition) is 0. The van der Waals surface area contributed by atoms with Crippen molar-refractivity contribution < 1.29 is 22.0 Å². The van der Waals surface area contributed by atoms with Crippen LogP contribution in [0.15, 0.2) is 0 Å². The van der Waals surface area contributed by atoms with E-state index in [4.69, 9.17) is 0 Å². The Morgan fingerprint density at radius 3 is 1.36 bits per heavy atom. The van der Waals surface area contributed by atoms with Crippen molar-refractivity contribution in [3.05, 3.63) is 34.6 Å². The van der Waals surface area contributed by atoms with E-state index in [-0.39, 0.29) is 0 Å². The Morgan fingerprint density at radius 1 is 0.786 bits per heavy atom. The smallest absolute Gasteiger partial charge is 0.200 e. The molecule has 0 aromatic heterocycles. The van der Waals surface area contributed by atoms with Crippen LogP contribution in [-0.2, 0) is 0 Å². The summed E-state index contributed by atoms with van der Waals surface area (Å²) in [6.45, 7) is 1.41. The minimum Gasteiger partial charge on any atom is -0.203 e. The number of benzene rings is 1. The molecule has 0 heterocycles. The minimum atomic E-state index is -2.11. The van der Waals surface area contributed by atoms with Crippen LogP contribution in [0.2, 0.25) is 0 Å². The lowest BCUT2D eigenvalue weighted by atomic mass is 10.1. The standard InChI is InChI=1S/C8H7F5Si/c1-2(14)3-4(9)6(11)8(13)7(12)5(3)10/h2H,1,14H3. The van der Waals surface area contributed by atoms with Crippen LogP contribution in [0.3, 0.4) is 0 Å². The second-order valence-corrected chi connectivity index (χ2v) is 4.87. The Kier molecular flexibility index (Phi) is 2.94. The summed E-state index contributed by atoms with van der Waals surface area (Å²) in [5, 5.41) is 0. The Morgan fingerprint density at radius 2 is 1.07 bits per heavy atom. The number of hydrogen-bond acceptors (Lipinski definition) is 0. The van der Waals surface area contributed by atoms with Crippen LogP contribution in [-0.4, -0.2) is 10.2 Å². The van der Waals surface area contributed by atoms with Gasteiger partial charge in [0.15, 0.2) is 23.3 Å². The molecule has 0 saturated carbocycles. The molecule has 1 aromatic rings. The van der Waals surface area contributed by atoms with Gasteiger partial charge in [0.25, 0.3) is 0 Å². The lowest BCUT2D eigenvalue weighted by molar-refractivity contribution is 0.370. The molecule has 0 aliphatic carbocycles. The number of halogens is 5. The Hall–Kier alpha value is -0.913. The molecule has 0 amide bonds. The molecule has 0 radical (unpaired) electrons. The minimum absolute atomic E-state index is 0.312. The fraction of sp³-hybridized carbons (Fsp3) is 0.250. The highest BCUT2D eigenvalue weighted by atomic mass is 28.1. The van der Waals surface area contributed by atoms with Gasteiger partial charge in [0.1, 0.15) is 0 Å². The molecular formula is C8H7F5Si. The maximum absolute atomic E-state index is 13.0. The van der Waals surface area contributed by atoms with Crippen LogP contribution < -0.4 is 0 Å². The lowest BCUT2D eigenvalue weighted by Crippen LogP contribution is -2.09. The Labute approximate surface area is 80.2 Å². The topological polar surface area (TPSA) is 0 Å². The molecule has 14 heavy (non-hydrogen) atoms. The van der Waals surface area contributed by atoms with Crippen molar-refractivity contribution in [1.82, 2.24) is 0 Å². The van der Waals surface area contributed by atoms with Gasteiger partial charge in [-0.1, -0.05) is 6.92 Å². The van der Waals surface area contributed by atoms with Gasteiger partial charge in [0.2, 0.25) is 5.82 Å². The fourth-order valence-electron chi connectivity index (χ4n) is 1.13. The van der Waals surface area contributed by atoms with Gasteiger partial charge >= 0.3 is 0 Å². The van der Waals surface area contributed by atoms with Crippen molar-refractivity contribution in [2.24, 2.45) is 0 Å². The van der Waals surface area contributed by atoms with Gasteiger partial charge in [0, 0.05) is 15.8 Å². The summed E-state index contributed by atoms with van der Waals surface area (Å²) in [7, 11) is 0.312. The third-order valence-corrected chi connectivity index (χ3v) is 2.40. The first kappa shape index (κ1) is 11.2. The molecule has 0 bridgehead atoms. The zero-order valence-electron chi connectivity index (χ0n) is 7.47. The zero-order chi connectivity index (χ0) is 11.0. The molecule has 78 valence electrons. The van der Waals surface area contributed by atoms with Crippen molar-refractivity contribution in [2.45, 2.75) is 12.5 Å². The Bertz CT molecular complexity index is 345. The fourth-order valence-corrected chi connectivity index (χ4v) is 1.64. The zero-order valence-corrected chi connectivity index (χ0v) is 9.47. The molecule has 1 atom stereocenters. The first-order valence-electron chi connectivity index (χ1n) is 3.89. The largest absolute Gasteiger partial charge is 0.203 e. The monoisotopic (exact) mass is 226 g/mol. The first-order valence-corrected chi connectivity index (χ1v) is 5.04. The van der Waals surface area contributed by atoms with Gasteiger partial charge in [-0.3, -0.25) is 0 Å². The summed E-state index contributed by atoms with van der Waals surface area (Å²) in [6, 6.07) is 0. The van der Waals surface area contributed by atoms with Crippen molar-refractivity contribution in [3.63, 3.8) is 0 Å². The van der Waals surface area contributed by atoms with E-state index < -0.39 is 40.2 Å². The van der Waals surface area contributed by atoms with E-state index in [1.807, 2.05) is 0 Å². The second kappa shape index (κ2) is 3.68. The van der Waals surface area contributed by atoms with Gasteiger partial charge < -0.3 is 0 Å². The predicted molar refractivity (Wildman–Crippen MR) is 44.6 cm³/mol. The van der Waals surface area contributed by atoms with Gasteiger partial charge in [0.05, 0.1) is 0 Å². The van der Waals surface area contributed by atoms with E-state index in [1.54, 1.807) is 0 Å². The molecule has 0 N–H and O–H groups in total. The van der Waals surface area contributed by atoms with Crippen LogP contribution >= 0.6 is 0 Å². The van der Waals surface area contributed by atoms with Crippen LogP contribution in [0, 0.1) is 29.1 Å². The molecule has 0 nitrogen and oxygen atoms in total. The molecule has 0 aliphatic heterocycles. The third-order valence-electron chi connectivity index (χ3n) is 1.82. The Balaban J connectivity index is 3.60. The summed E-state index contributed by atoms with van der Waals surface area (Å²) < 4.78 is 63.7. The van der Waals surface area contributed by atoms with E-state index in [0.717, 1.165) is 0 Å². The normalized spacial score (nSPS) is 13.3. The molecule has 0 spiro atoms. The van der Waals surface area contributed by atoms with Gasteiger partial charge in [-0.05, 0) is 5.54 Å². The molecule has 0 fully saturated rings. The lowest BCUT2D eigenvalue weighted by Gasteiger charge is -2.10. The summed E-state index contributed by atoms with van der Waals surface area (Å²) in [5.74, 6) is -9.29. The first-order chi connectivity index (χ1) is 6.37. The molecule has 1 unspecified atom stereocenters. The van der Waals surface area contributed by atoms with E-state index in [9.17, 15) is 22.0 Å². The number of rotatable bonds is 1. The van der Waals surface area contributed by atoms with E-state index in [2.05, 4.69) is 0 Å². The summed E-state index contributed by atoms with van der Waals surface area (Å²) >= 11 is 0. The third kappa shape index (κ3) is 1.54. The van der Waals surface area contributed by atoms with Crippen molar-refractivity contribution in [3.8, 4) is 0 Å². The highest BCUT2D eigenvalue weighted by Crippen LogP contribution is 2.26. The van der Waals surface area contributed by atoms with Gasteiger partial charge in [-0.25, -0.2) is 22.0 Å². The molecule has 1 rings (SSSR count). The van der Waals surface area contributed by atoms with Crippen LogP contribution in [0.25, 0.3) is 0 Å². The summed E-state index contributed by atoms with van der Waals surface area (Å²) in [5.41, 5.74) is -1.34. The van der Waals surface area contributed by atoms with Gasteiger partial charge in [-0.15, -0.1) is 0 Å². The van der Waals surface area contributed by atoms with Crippen molar-refractivity contribution in [2.75, 3.05) is 0 Å². The summed E-state index contributed by atoms with van der Waals surface area (Å²) in [6.07, 6.45) is 0. The van der Waals surface area contributed by atoms with Gasteiger partial charge in [-0.2, -0.15) is 0 Å². The van der Waals surface area contributed by atoms with E-state index >= 15 is 0 Å². The van der Waals surface area contributed by atoms with Crippen LogP contribution in [0.5, 0.6) is 0 Å². The quantitative estimate of drug-likeness (QED) is 0.296. The van der Waals surface area contributed by atoms with Crippen LogP contribution in [0.4, 0.5) is 22.0 Å². The van der Waals surface area contributed by atoms with Crippen LogP contribution in [0.1, 0.15) is 18.0 Å². The second-order valence-electron chi connectivity index (χ2n) is 3.14. The molecule has 1 aromatic carbocycles. The molecular weight excluding hydrogens is 219 g/mol. The molecule has 0 saturated heterocycles. The maximum atomic E-state index is 13.0. The molecule has 6 heteroatoms. The van der Waals surface area contributed by atoms with Crippen molar-refractivity contribution >= 4 is 10.2 Å². The predicted octanol–water partition coefficient (Wildman–Crippen LogP) is 1.81.